The van der Waals surface area contributed by atoms with Gasteiger partial charge in [-0.2, -0.15) is 0 Å². The predicted molar refractivity (Wildman–Crippen MR) is 133 cm³/mol. The molecule has 2 aliphatic rings. The third-order valence-corrected chi connectivity index (χ3v) is 7.00. The monoisotopic (exact) mass is 460 g/mol. The van der Waals surface area contributed by atoms with Crippen LogP contribution < -0.4 is 11.1 Å². The van der Waals surface area contributed by atoms with Crippen molar-refractivity contribution in [3.63, 3.8) is 0 Å². The van der Waals surface area contributed by atoms with Gasteiger partial charge in [0.05, 0.1) is 11.1 Å². The molecule has 0 bridgehead atoms. The second kappa shape index (κ2) is 7.90. The van der Waals surface area contributed by atoms with Gasteiger partial charge in [0, 0.05) is 58.4 Å². The molecule has 2 aromatic carbocycles. The van der Waals surface area contributed by atoms with Crippen LogP contribution in [0.25, 0.3) is 33.0 Å². The number of carbonyl (C=O) groups is 2. The normalized spacial score (nSPS) is 18.1. The van der Waals surface area contributed by atoms with Gasteiger partial charge in [0.15, 0.2) is 0 Å². The number of aromatic nitrogens is 2. The lowest BCUT2D eigenvalue weighted by Crippen LogP contribution is -2.26. The molecule has 33 heavy (non-hydrogen) atoms. The third kappa shape index (κ3) is 3.05. The minimum atomic E-state index is -0.337. The lowest BCUT2D eigenvalue weighted by atomic mass is 9.89. The number of halogens is 1. The van der Waals surface area contributed by atoms with Gasteiger partial charge in [0.1, 0.15) is 0 Å². The molecule has 6 rings (SSSR count). The largest absolute Gasteiger partial charge is 0.350 e. The minimum Gasteiger partial charge on any atom is -0.350 e. The zero-order chi connectivity index (χ0) is 22.0. The molecule has 2 amide bonds. The van der Waals surface area contributed by atoms with Crippen molar-refractivity contribution in [3.05, 3.63) is 71.5 Å². The van der Waals surface area contributed by atoms with Gasteiger partial charge in [-0.15, -0.1) is 12.4 Å². The number of benzene rings is 2. The number of nitrogens with zero attached hydrogens (tertiary/aromatic N) is 2. The van der Waals surface area contributed by atoms with Gasteiger partial charge in [0.2, 0.25) is 0 Å². The number of carbonyl (C=O) groups excluding carboxylic acids is 2. The SMILES string of the molecule is Cl.Cn1cc(C2=C(c3c4n(c5ccccc35)CCC(CN)C4)C(=O)NC2=O)c2ccccc21. The summed E-state index contributed by atoms with van der Waals surface area (Å²) in [5, 5.41) is 4.55. The average molecular weight is 461 g/mol. The van der Waals surface area contributed by atoms with E-state index >= 15 is 0 Å². The smallest absolute Gasteiger partial charge is 0.259 e. The molecule has 2 aliphatic heterocycles. The van der Waals surface area contributed by atoms with Crippen LogP contribution in [-0.4, -0.2) is 27.5 Å². The highest BCUT2D eigenvalue weighted by Crippen LogP contribution is 2.42. The lowest BCUT2D eigenvalue weighted by Gasteiger charge is -2.24. The molecule has 168 valence electrons. The number of hydrogen-bond donors (Lipinski definition) is 2. The van der Waals surface area contributed by atoms with Gasteiger partial charge >= 0.3 is 0 Å². The number of aryl methyl sites for hydroxylation is 2. The number of rotatable bonds is 3. The fraction of sp³-hybridized carbons (Fsp3) is 0.231. The predicted octanol–water partition coefficient (Wildman–Crippen LogP) is 3.64. The van der Waals surface area contributed by atoms with Crippen molar-refractivity contribution in [1.29, 1.82) is 0 Å². The van der Waals surface area contributed by atoms with E-state index in [-0.39, 0.29) is 24.2 Å². The van der Waals surface area contributed by atoms with Crippen molar-refractivity contribution in [3.8, 4) is 0 Å². The Kier molecular flexibility index (Phi) is 5.15. The third-order valence-electron chi connectivity index (χ3n) is 7.00. The molecule has 1 unspecified atom stereocenters. The van der Waals surface area contributed by atoms with Crippen LogP contribution in [0.5, 0.6) is 0 Å². The van der Waals surface area contributed by atoms with Crippen LogP contribution in [0, 0.1) is 5.92 Å². The number of fused-ring (bicyclic) bond motifs is 4. The highest BCUT2D eigenvalue weighted by molar-refractivity contribution is 6.51. The van der Waals surface area contributed by atoms with Crippen LogP contribution in [0.1, 0.15) is 23.2 Å². The van der Waals surface area contributed by atoms with Gasteiger partial charge in [0.25, 0.3) is 11.8 Å². The van der Waals surface area contributed by atoms with Crippen molar-refractivity contribution in [2.75, 3.05) is 6.54 Å². The molecule has 1 atom stereocenters. The first kappa shape index (κ1) is 21.5. The second-order valence-corrected chi connectivity index (χ2v) is 8.79. The highest BCUT2D eigenvalue weighted by Gasteiger charge is 2.38. The topological polar surface area (TPSA) is 82.0 Å². The molecule has 4 aromatic rings. The summed E-state index contributed by atoms with van der Waals surface area (Å²) >= 11 is 0. The van der Waals surface area contributed by atoms with Crippen molar-refractivity contribution in [2.45, 2.75) is 19.4 Å². The molecular formula is C26H25ClN4O2. The van der Waals surface area contributed by atoms with E-state index in [4.69, 9.17) is 5.73 Å². The molecule has 7 heteroatoms. The van der Waals surface area contributed by atoms with E-state index in [0.717, 1.165) is 58.0 Å². The van der Waals surface area contributed by atoms with Crippen molar-refractivity contribution in [1.82, 2.24) is 14.5 Å². The van der Waals surface area contributed by atoms with Crippen LogP contribution in [-0.2, 0) is 29.6 Å². The summed E-state index contributed by atoms with van der Waals surface area (Å²) in [6, 6.07) is 16.1. The van der Waals surface area contributed by atoms with Gasteiger partial charge in [-0.1, -0.05) is 36.4 Å². The number of para-hydroxylation sites is 2. The van der Waals surface area contributed by atoms with Crippen LogP contribution >= 0.6 is 12.4 Å². The maximum absolute atomic E-state index is 13.3. The molecule has 0 spiro atoms. The molecule has 4 heterocycles. The quantitative estimate of drug-likeness (QED) is 0.458. The molecule has 0 aliphatic carbocycles. The van der Waals surface area contributed by atoms with Gasteiger partial charge in [-0.05, 0) is 37.4 Å². The Bertz CT molecular complexity index is 1480. The van der Waals surface area contributed by atoms with Crippen LogP contribution in [0.15, 0.2) is 54.7 Å². The summed E-state index contributed by atoms with van der Waals surface area (Å²) in [4.78, 5) is 26.4. The Labute approximate surface area is 197 Å². The van der Waals surface area contributed by atoms with Crippen molar-refractivity contribution >= 4 is 57.2 Å². The first-order valence-electron chi connectivity index (χ1n) is 11.0. The Morgan fingerprint density at radius 3 is 2.39 bits per heavy atom. The molecule has 0 fully saturated rings. The van der Waals surface area contributed by atoms with E-state index in [1.807, 2.05) is 54.2 Å². The molecule has 6 nitrogen and oxygen atoms in total. The highest BCUT2D eigenvalue weighted by atomic mass is 35.5. The van der Waals surface area contributed by atoms with Gasteiger partial charge in [-0.3, -0.25) is 14.9 Å². The number of amides is 2. The Balaban J connectivity index is 0.00000228. The van der Waals surface area contributed by atoms with Gasteiger partial charge in [-0.25, -0.2) is 0 Å². The minimum absolute atomic E-state index is 0. The van der Waals surface area contributed by atoms with Crippen molar-refractivity contribution in [2.24, 2.45) is 18.7 Å². The van der Waals surface area contributed by atoms with Crippen LogP contribution in [0.3, 0.4) is 0 Å². The molecular weight excluding hydrogens is 436 g/mol. The Hall–Kier alpha value is -3.35. The lowest BCUT2D eigenvalue weighted by molar-refractivity contribution is -0.122. The zero-order valence-corrected chi connectivity index (χ0v) is 19.1. The van der Waals surface area contributed by atoms with Crippen molar-refractivity contribution < 1.29 is 9.59 Å². The summed E-state index contributed by atoms with van der Waals surface area (Å²) < 4.78 is 4.31. The van der Waals surface area contributed by atoms with Gasteiger partial charge < -0.3 is 14.9 Å². The molecule has 2 aromatic heterocycles. The van der Waals surface area contributed by atoms with E-state index in [2.05, 4.69) is 22.0 Å². The molecule has 0 saturated carbocycles. The van der Waals surface area contributed by atoms with E-state index in [1.54, 1.807) is 0 Å². The number of imide groups is 1. The zero-order valence-electron chi connectivity index (χ0n) is 18.3. The maximum Gasteiger partial charge on any atom is 0.259 e. The summed E-state index contributed by atoms with van der Waals surface area (Å²) in [6.45, 7) is 1.48. The first-order chi connectivity index (χ1) is 15.6. The summed E-state index contributed by atoms with van der Waals surface area (Å²) in [5.74, 6) is -0.295. The summed E-state index contributed by atoms with van der Waals surface area (Å²) in [5.41, 5.74) is 11.9. The molecule has 3 N–H and O–H groups in total. The van der Waals surface area contributed by atoms with E-state index in [9.17, 15) is 9.59 Å². The molecule has 0 saturated heterocycles. The Morgan fingerprint density at radius 1 is 0.970 bits per heavy atom. The standard InChI is InChI=1S/C26H24N4O2.ClH/c1-29-14-18(16-6-2-4-8-19(16)29)23-24(26(32)28-25(23)31)22-17-7-3-5-9-20(17)30-11-10-15(13-27)12-21(22)30;/h2-9,14-15H,10-13,27H2,1H3,(H,28,31,32);1H. The maximum atomic E-state index is 13.3. The number of nitrogens with two attached hydrogens (primary N) is 1. The summed E-state index contributed by atoms with van der Waals surface area (Å²) in [7, 11) is 1.96. The fourth-order valence-electron chi connectivity index (χ4n) is 5.48. The average Bonchev–Trinajstić information content (AvgIpc) is 3.41. The van der Waals surface area contributed by atoms with E-state index in [1.165, 1.54) is 0 Å². The number of nitrogens with one attached hydrogen (secondary N) is 1. The molecule has 0 radical (unpaired) electrons. The van der Waals surface area contributed by atoms with Crippen LogP contribution in [0.2, 0.25) is 0 Å². The first-order valence-corrected chi connectivity index (χ1v) is 11.0. The van der Waals surface area contributed by atoms with E-state index in [0.29, 0.717) is 23.6 Å². The number of hydrogen-bond acceptors (Lipinski definition) is 3. The van der Waals surface area contributed by atoms with Crippen LogP contribution in [0.4, 0.5) is 0 Å². The second-order valence-electron chi connectivity index (χ2n) is 8.79. The Morgan fingerprint density at radius 2 is 1.64 bits per heavy atom. The summed E-state index contributed by atoms with van der Waals surface area (Å²) in [6.07, 6.45) is 3.77. The fourth-order valence-corrected chi connectivity index (χ4v) is 5.48. The van der Waals surface area contributed by atoms with E-state index < -0.39 is 0 Å².